The minimum Gasteiger partial charge on any atom is -0.348 e. The van der Waals surface area contributed by atoms with Gasteiger partial charge in [0, 0.05) is 12.2 Å². The van der Waals surface area contributed by atoms with Crippen molar-refractivity contribution >= 4 is 17.5 Å². The van der Waals surface area contributed by atoms with Crippen molar-refractivity contribution in [2.45, 2.75) is 38.3 Å². The average Bonchev–Trinajstić information content (AvgIpc) is 3.00. The zero-order valence-electron chi connectivity index (χ0n) is 12.6. The van der Waals surface area contributed by atoms with Crippen molar-refractivity contribution < 1.29 is 22.8 Å². The van der Waals surface area contributed by atoms with E-state index >= 15 is 0 Å². The van der Waals surface area contributed by atoms with Crippen LogP contribution in [0.3, 0.4) is 0 Å². The first-order valence-electron chi connectivity index (χ1n) is 7.62. The Balaban J connectivity index is 1.82. The molecule has 0 atom stereocenters. The molecule has 2 rings (SSSR count). The van der Waals surface area contributed by atoms with Crippen LogP contribution in [0.25, 0.3) is 0 Å². The number of carbonyl (C=O) groups excluding carboxylic acids is 2. The Morgan fingerprint density at radius 1 is 1.13 bits per heavy atom. The Labute approximate surface area is 132 Å². The number of halogens is 3. The fourth-order valence-electron chi connectivity index (χ4n) is 2.73. The monoisotopic (exact) mass is 328 g/mol. The third kappa shape index (κ3) is 5.26. The molecule has 0 unspecified atom stereocenters. The Hall–Kier alpha value is -2.05. The van der Waals surface area contributed by atoms with E-state index in [1.54, 1.807) is 0 Å². The second-order valence-corrected chi connectivity index (χ2v) is 5.73. The summed E-state index contributed by atoms with van der Waals surface area (Å²) in [5, 5.41) is 4.68. The maximum Gasteiger partial charge on any atom is 0.416 e. The molecule has 0 radical (unpaired) electrons. The Bertz CT molecular complexity index is 567. The van der Waals surface area contributed by atoms with E-state index in [0.717, 1.165) is 31.4 Å². The third-order valence-electron chi connectivity index (χ3n) is 3.97. The molecule has 0 aliphatic heterocycles. The summed E-state index contributed by atoms with van der Waals surface area (Å²) >= 11 is 0. The standard InChI is InChI=1S/C16H19F3N2O2/c17-16(18,19)12-6-3-7-13(10-12)21-15(23)14(22)20-9-8-11-4-1-2-5-11/h3,6-7,10-11H,1-2,4-5,8-9H2,(H,20,22)(H,21,23). The Morgan fingerprint density at radius 3 is 2.48 bits per heavy atom. The van der Waals surface area contributed by atoms with E-state index in [1.807, 2.05) is 0 Å². The highest BCUT2D eigenvalue weighted by Crippen LogP contribution is 2.30. The zero-order valence-corrected chi connectivity index (χ0v) is 12.6. The van der Waals surface area contributed by atoms with E-state index in [2.05, 4.69) is 10.6 Å². The quantitative estimate of drug-likeness (QED) is 0.833. The summed E-state index contributed by atoms with van der Waals surface area (Å²) in [6.07, 6.45) is 1.02. The van der Waals surface area contributed by atoms with Gasteiger partial charge in [0.15, 0.2) is 0 Å². The van der Waals surface area contributed by atoms with E-state index in [0.29, 0.717) is 12.5 Å². The van der Waals surface area contributed by atoms with Crippen molar-refractivity contribution in [1.29, 1.82) is 0 Å². The molecule has 126 valence electrons. The maximum absolute atomic E-state index is 12.6. The third-order valence-corrected chi connectivity index (χ3v) is 3.97. The fraction of sp³-hybridized carbons (Fsp3) is 0.500. The molecule has 1 saturated carbocycles. The van der Waals surface area contributed by atoms with Crippen molar-refractivity contribution in [3.05, 3.63) is 29.8 Å². The summed E-state index contributed by atoms with van der Waals surface area (Å²) in [5.41, 5.74) is -0.937. The van der Waals surface area contributed by atoms with Crippen LogP contribution >= 0.6 is 0 Å². The molecule has 7 heteroatoms. The zero-order chi connectivity index (χ0) is 16.9. The van der Waals surface area contributed by atoms with E-state index in [9.17, 15) is 22.8 Å². The number of amides is 2. The summed E-state index contributed by atoms with van der Waals surface area (Å²) in [4.78, 5) is 23.4. The largest absolute Gasteiger partial charge is 0.416 e. The normalized spacial score (nSPS) is 15.4. The second-order valence-electron chi connectivity index (χ2n) is 5.73. The highest BCUT2D eigenvalue weighted by atomic mass is 19.4. The van der Waals surface area contributed by atoms with Crippen molar-refractivity contribution in [1.82, 2.24) is 5.32 Å². The molecule has 1 aliphatic rings. The molecule has 1 aliphatic carbocycles. The highest BCUT2D eigenvalue weighted by Gasteiger charge is 2.30. The lowest BCUT2D eigenvalue weighted by atomic mass is 10.0. The van der Waals surface area contributed by atoms with E-state index < -0.39 is 23.6 Å². The van der Waals surface area contributed by atoms with Gasteiger partial charge in [-0.15, -0.1) is 0 Å². The average molecular weight is 328 g/mol. The smallest absolute Gasteiger partial charge is 0.348 e. The lowest BCUT2D eigenvalue weighted by molar-refractivity contribution is -0.137. The Morgan fingerprint density at radius 2 is 1.83 bits per heavy atom. The van der Waals surface area contributed by atoms with Gasteiger partial charge in [-0.25, -0.2) is 0 Å². The summed E-state index contributed by atoms with van der Waals surface area (Å²) < 4.78 is 37.8. The van der Waals surface area contributed by atoms with E-state index in [4.69, 9.17) is 0 Å². The topological polar surface area (TPSA) is 58.2 Å². The van der Waals surface area contributed by atoms with Gasteiger partial charge in [-0.1, -0.05) is 31.7 Å². The number of anilines is 1. The highest BCUT2D eigenvalue weighted by molar-refractivity contribution is 6.39. The summed E-state index contributed by atoms with van der Waals surface area (Å²) in [5.74, 6) is -1.21. The lowest BCUT2D eigenvalue weighted by Gasteiger charge is -2.11. The summed E-state index contributed by atoms with van der Waals surface area (Å²) in [7, 11) is 0. The van der Waals surface area contributed by atoms with Crippen molar-refractivity contribution in [3.63, 3.8) is 0 Å². The van der Waals surface area contributed by atoms with Crippen LogP contribution in [0.15, 0.2) is 24.3 Å². The molecule has 2 N–H and O–H groups in total. The molecule has 0 spiro atoms. The fourth-order valence-corrected chi connectivity index (χ4v) is 2.73. The Kier molecular flexibility index (Phi) is 5.63. The van der Waals surface area contributed by atoms with Crippen LogP contribution in [-0.2, 0) is 15.8 Å². The number of benzene rings is 1. The van der Waals surface area contributed by atoms with Gasteiger partial charge < -0.3 is 10.6 Å². The number of rotatable bonds is 4. The first kappa shape index (κ1) is 17.3. The van der Waals surface area contributed by atoms with Crippen molar-refractivity contribution in [2.24, 2.45) is 5.92 Å². The van der Waals surface area contributed by atoms with Gasteiger partial charge in [0.2, 0.25) is 0 Å². The van der Waals surface area contributed by atoms with Gasteiger partial charge in [0.05, 0.1) is 5.56 Å². The van der Waals surface area contributed by atoms with Crippen LogP contribution in [0.5, 0.6) is 0 Å². The number of hydrogen-bond acceptors (Lipinski definition) is 2. The molecule has 0 saturated heterocycles. The molecule has 23 heavy (non-hydrogen) atoms. The number of nitrogens with one attached hydrogen (secondary N) is 2. The van der Waals surface area contributed by atoms with Crippen LogP contribution in [-0.4, -0.2) is 18.4 Å². The number of alkyl halides is 3. The van der Waals surface area contributed by atoms with Gasteiger partial charge in [0.1, 0.15) is 0 Å². The molecule has 0 heterocycles. The maximum atomic E-state index is 12.6. The molecule has 0 bridgehead atoms. The second kappa shape index (κ2) is 7.48. The van der Waals surface area contributed by atoms with Crippen LogP contribution in [0.1, 0.15) is 37.7 Å². The molecule has 4 nitrogen and oxygen atoms in total. The first-order chi connectivity index (χ1) is 10.9. The number of hydrogen-bond donors (Lipinski definition) is 2. The van der Waals surface area contributed by atoms with Gasteiger partial charge in [0.25, 0.3) is 0 Å². The molecule has 1 fully saturated rings. The van der Waals surface area contributed by atoms with Crippen molar-refractivity contribution in [3.8, 4) is 0 Å². The first-order valence-corrected chi connectivity index (χ1v) is 7.62. The van der Waals surface area contributed by atoms with Crippen LogP contribution < -0.4 is 10.6 Å². The van der Waals surface area contributed by atoms with Crippen molar-refractivity contribution in [2.75, 3.05) is 11.9 Å². The van der Waals surface area contributed by atoms with E-state index in [1.165, 1.54) is 25.0 Å². The van der Waals surface area contributed by atoms with E-state index in [-0.39, 0.29) is 5.69 Å². The summed E-state index contributed by atoms with van der Waals surface area (Å²) in [6.45, 7) is 0.402. The minimum atomic E-state index is -4.50. The lowest BCUT2D eigenvalue weighted by Crippen LogP contribution is -2.36. The molecule has 2 amide bonds. The molecule has 1 aromatic carbocycles. The predicted molar refractivity (Wildman–Crippen MR) is 79.7 cm³/mol. The molecule has 1 aromatic rings. The molecular formula is C16H19F3N2O2. The number of carbonyl (C=O) groups is 2. The summed E-state index contributed by atoms with van der Waals surface area (Å²) in [6, 6.07) is 4.18. The van der Waals surface area contributed by atoms with Gasteiger partial charge >= 0.3 is 18.0 Å². The van der Waals surface area contributed by atoms with Gasteiger partial charge in [-0.2, -0.15) is 13.2 Å². The van der Waals surface area contributed by atoms with Gasteiger partial charge in [-0.3, -0.25) is 9.59 Å². The predicted octanol–water partition coefficient (Wildman–Crippen LogP) is 3.34. The van der Waals surface area contributed by atoms with Crippen LogP contribution in [0.4, 0.5) is 18.9 Å². The van der Waals surface area contributed by atoms with Crippen LogP contribution in [0, 0.1) is 5.92 Å². The minimum absolute atomic E-state index is 0.0595. The molecule has 0 aromatic heterocycles. The van der Waals surface area contributed by atoms with Crippen LogP contribution in [0.2, 0.25) is 0 Å². The SMILES string of the molecule is O=C(NCCC1CCCC1)C(=O)Nc1cccc(C(F)(F)F)c1. The van der Waals surface area contributed by atoms with Gasteiger partial charge in [-0.05, 0) is 30.5 Å². The molecular weight excluding hydrogens is 309 g/mol.